The first-order valence-corrected chi connectivity index (χ1v) is 9.13. The number of benzene rings is 2. The van der Waals surface area contributed by atoms with Crippen LogP contribution >= 0.6 is 12.4 Å². The Bertz CT molecular complexity index is 800. The Kier molecular flexibility index (Phi) is 6.02. The summed E-state index contributed by atoms with van der Waals surface area (Å²) in [7, 11) is 1.61. The van der Waals surface area contributed by atoms with E-state index in [1.807, 2.05) is 24.3 Å². The van der Waals surface area contributed by atoms with Gasteiger partial charge in [0, 0.05) is 18.1 Å². The summed E-state index contributed by atoms with van der Waals surface area (Å²) in [6, 6.07) is 13.3. The van der Waals surface area contributed by atoms with Gasteiger partial charge in [-0.2, -0.15) is 0 Å². The molecule has 144 valence electrons. The van der Waals surface area contributed by atoms with Gasteiger partial charge >= 0.3 is 0 Å². The molecule has 1 amide bonds. The summed E-state index contributed by atoms with van der Waals surface area (Å²) in [5.74, 6) is -0.0658. The van der Waals surface area contributed by atoms with Crippen LogP contribution in [0.4, 0.5) is 4.39 Å². The van der Waals surface area contributed by atoms with E-state index in [0.29, 0.717) is 12.1 Å². The van der Waals surface area contributed by atoms with Crippen molar-refractivity contribution in [1.82, 2.24) is 10.6 Å². The zero-order valence-corrected chi connectivity index (χ0v) is 16.0. The lowest BCUT2D eigenvalue weighted by molar-refractivity contribution is 0.0920. The van der Waals surface area contributed by atoms with E-state index in [0.717, 1.165) is 29.7 Å². The van der Waals surface area contributed by atoms with Crippen molar-refractivity contribution in [2.45, 2.75) is 43.8 Å². The molecule has 0 aliphatic carbocycles. The van der Waals surface area contributed by atoms with Gasteiger partial charge in [-0.05, 0) is 61.1 Å². The Hall–Kier alpha value is -2.11. The van der Waals surface area contributed by atoms with Gasteiger partial charge in [-0.15, -0.1) is 12.4 Å². The number of nitrogens with one attached hydrogen (secondary N) is 2. The molecule has 2 unspecified atom stereocenters. The fourth-order valence-corrected chi connectivity index (χ4v) is 4.10. The van der Waals surface area contributed by atoms with Crippen LogP contribution in [-0.4, -0.2) is 31.1 Å². The van der Waals surface area contributed by atoms with E-state index in [4.69, 9.17) is 4.74 Å². The average molecular weight is 391 g/mol. The van der Waals surface area contributed by atoms with Gasteiger partial charge in [0.25, 0.3) is 5.91 Å². The normalized spacial score (nSPS) is 23.4. The number of hydrogen-bond acceptors (Lipinski definition) is 3. The predicted molar refractivity (Wildman–Crippen MR) is 106 cm³/mol. The zero-order valence-electron chi connectivity index (χ0n) is 15.2. The third kappa shape index (κ3) is 4.25. The molecule has 2 heterocycles. The molecule has 0 saturated carbocycles. The molecule has 2 aliphatic heterocycles. The lowest BCUT2D eigenvalue weighted by Crippen LogP contribution is -2.48. The molecule has 4 rings (SSSR count). The van der Waals surface area contributed by atoms with Gasteiger partial charge in [-0.3, -0.25) is 4.79 Å². The number of rotatable bonds is 4. The Morgan fingerprint density at radius 1 is 1.07 bits per heavy atom. The molecule has 2 aliphatic rings. The first kappa shape index (κ1) is 19.6. The van der Waals surface area contributed by atoms with Crippen LogP contribution in [0.15, 0.2) is 42.5 Å². The summed E-state index contributed by atoms with van der Waals surface area (Å²) in [6.07, 6.45) is 4.19. The summed E-state index contributed by atoms with van der Waals surface area (Å²) in [4.78, 5) is 12.5. The molecular weight excluding hydrogens is 367 g/mol. The first-order valence-electron chi connectivity index (χ1n) is 9.13. The second-order valence-electron chi connectivity index (χ2n) is 7.20. The molecular formula is C21H24ClFN2O2. The van der Waals surface area contributed by atoms with Gasteiger partial charge in [-0.1, -0.05) is 18.2 Å². The molecule has 2 aromatic rings. The van der Waals surface area contributed by atoms with E-state index >= 15 is 0 Å². The van der Waals surface area contributed by atoms with Crippen LogP contribution in [0.25, 0.3) is 11.1 Å². The number of ether oxygens (including phenoxy) is 1. The number of carbonyl (C=O) groups is 1. The molecule has 2 aromatic carbocycles. The highest BCUT2D eigenvalue weighted by molar-refractivity contribution is 5.95. The topological polar surface area (TPSA) is 50.4 Å². The van der Waals surface area contributed by atoms with E-state index in [2.05, 4.69) is 10.6 Å². The minimum Gasteiger partial charge on any atom is -0.497 e. The van der Waals surface area contributed by atoms with Crippen LogP contribution in [-0.2, 0) is 0 Å². The highest BCUT2D eigenvalue weighted by Gasteiger charge is 2.34. The van der Waals surface area contributed by atoms with Gasteiger partial charge < -0.3 is 15.4 Å². The number of halogens is 2. The van der Waals surface area contributed by atoms with Crippen molar-refractivity contribution in [3.63, 3.8) is 0 Å². The average Bonchev–Trinajstić information content (AvgIpc) is 3.00. The maximum absolute atomic E-state index is 14.6. The van der Waals surface area contributed by atoms with Crippen molar-refractivity contribution in [2.75, 3.05) is 7.11 Å². The van der Waals surface area contributed by atoms with E-state index in [1.54, 1.807) is 19.2 Å². The third-order valence-electron chi connectivity index (χ3n) is 5.45. The number of methoxy groups -OCH3 is 1. The summed E-state index contributed by atoms with van der Waals surface area (Å²) >= 11 is 0. The van der Waals surface area contributed by atoms with Gasteiger partial charge in [0.2, 0.25) is 0 Å². The summed E-state index contributed by atoms with van der Waals surface area (Å²) in [6.45, 7) is 0. The van der Waals surface area contributed by atoms with Crippen molar-refractivity contribution >= 4 is 18.3 Å². The molecule has 0 radical (unpaired) electrons. The minimum atomic E-state index is -0.493. The predicted octanol–water partition coefficient (Wildman–Crippen LogP) is 3.94. The molecule has 2 N–H and O–H groups in total. The molecule has 2 saturated heterocycles. The number of hydrogen-bond donors (Lipinski definition) is 2. The van der Waals surface area contributed by atoms with E-state index in [-0.39, 0.29) is 29.9 Å². The number of fused-ring (bicyclic) bond motifs is 2. The molecule has 0 spiro atoms. The molecule has 6 heteroatoms. The number of carbonyl (C=O) groups excluding carboxylic acids is 1. The maximum atomic E-state index is 14.6. The number of amides is 1. The quantitative estimate of drug-likeness (QED) is 0.831. The van der Waals surface area contributed by atoms with Gasteiger partial charge in [0.15, 0.2) is 0 Å². The smallest absolute Gasteiger partial charge is 0.254 e. The van der Waals surface area contributed by atoms with Crippen molar-refractivity contribution in [1.29, 1.82) is 0 Å². The van der Waals surface area contributed by atoms with Gasteiger partial charge in [0.05, 0.1) is 12.7 Å². The fourth-order valence-electron chi connectivity index (χ4n) is 4.10. The van der Waals surface area contributed by atoms with Crippen LogP contribution in [0.2, 0.25) is 0 Å². The molecule has 2 fully saturated rings. The Morgan fingerprint density at radius 3 is 2.30 bits per heavy atom. The van der Waals surface area contributed by atoms with Crippen LogP contribution in [0, 0.1) is 5.82 Å². The Morgan fingerprint density at radius 2 is 1.70 bits per heavy atom. The highest BCUT2D eigenvalue weighted by atomic mass is 35.5. The van der Waals surface area contributed by atoms with Crippen molar-refractivity contribution in [3.8, 4) is 16.9 Å². The second-order valence-corrected chi connectivity index (χ2v) is 7.20. The molecule has 27 heavy (non-hydrogen) atoms. The first-order chi connectivity index (χ1) is 12.6. The summed E-state index contributed by atoms with van der Waals surface area (Å²) in [5, 5.41) is 6.56. The third-order valence-corrected chi connectivity index (χ3v) is 5.45. The largest absolute Gasteiger partial charge is 0.497 e. The SMILES string of the molecule is COc1ccc(-c2ccc(C(=O)NC3CC4CCC(C3)N4)c(F)c2)cc1.Cl. The highest BCUT2D eigenvalue weighted by Crippen LogP contribution is 2.28. The monoisotopic (exact) mass is 390 g/mol. The lowest BCUT2D eigenvalue weighted by atomic mass is 9.99. The molecule has 0 aromatic heterocycles. The van der Waals surface area contributed by atoms with E-state index < -0.39 is 5.82 Å². The van der Waals surface area contributed by atoms with Crippen molar-refractivity contribution < 1.29 is 13.9 Å². The minimum absolute atomic E-state index is 0. The van der Waals surface area contributed by atoms with E-state index in [9.17, 15) is 9.18 Å². The molecule has 4 nitrogen and oxygen atoms in total. The standard InChI is InChI=1S/C21H23FN2O2.ClH/c1-26-18-7-2-13(3-8-18)14-4-9-19(20(22)10-14)21(25)24-17-11-15-5-6-16(12-17)23-15;/h2-4,7-10,15-17,23H,5-6,11-12H2,1H3,(H,24,25);1H. The van der Waals surface area contributed by atoms with Gasteiger partial charge in [0.1, 0.15) is 11.6 Å². The van der Waals surface area contributed by atoms with Crippen molar-refractivity contribution in [2.24, 2.45) is 0 Å². The molecule has 2 bridgehead atoms. The van der Waals surface area contributed by atoms with Crippen LogP contribution in [0.5, 0.6) is 5.75 Å². The fraction of sp³-hybridized carbons (Fsp3) is 0.381. The second kappa shape index (κ2) is 8.28. The van der Waals surface area contributed by atoms with Gasteiger partial charge in [-0.25, -0.2) is 4.39 Å². The summed E-state index contributed by atoms with van der Waals surface area (Å²) in [5.41, 5.74) is 1.72. The molecule has 2 atom stereocenters. The lowest BCUT2D eigenvalue weighted by Gasteiger charge is -2.29. The zero-order chi connectivity index (χ0) is 18.1. The Balaban J connectivity index is 0.00000210. The van der Waals surface area contributed by atoms with Crippen LogP contribution < -0.4 is 15.4 Å². The summed E-state index contributed by atoms with van der Waals surface area (Å²) < 4.78 is 19.7. The van der Waals surface area contributed by atoms with Crippen LogP contribution in [0.1, 0.15) is 36.0 Å². The van der Waals surface area contributed by atoms with E-state index in [1.165, 1.54) is 18.9 Å². The van der Waals surface area contributed by atoms with Crippen LogP contribution in [0.3, 0.4) is 0 Å². The maximum Gasteiger partial charge on any atom is 0.254 e. The number of piperidine rings is 1. The van der Waals surface area contributed by atoms with Crippen molar-refractivity contribution in [3.05, 3.63) is 53.8 Å². The Labute approximate surface area is 164 Å².